The molecule has 3 rings (SSSR count). The maximum Gasteiger partial charge on any atom is 0.305 e. The van der Waals surface area contributed by atoms with Crippen LogP contribution < -0.4 is 14.4 Å². The first kappa shape index (κ1) is 21.3. The lowest BCUT2D eigenvalue weighted by atomic mass is 10.1. The molecule has 1 aliphatic heterocycles. The van der Waals surface area contributed by atoms with E-state index in [0.717, 1.165) is 0 Å². The first-order chi connectivity index (χ1) is 13.7. The van der Waals surface area contributed by atoms with Crippen molar-refractivity contribution in [3.63, 3.8) is 0 Å². The van der Waals surface area contributed by atoms with Crippen molar-refractivity contribution in [1.29, 1.82) is 0 Å². The Morgan fingerprint density at radius 2 is 2.03 bits per heavy atom. The predicted molar refractivity (Wildman–Crippen MR) is 109 cm³/mol. The Balaban J connectivity index is 1.96. The SMILES string of the molecule is CC(=O)N1CCOc2ccc(S(=O)(=O)N[C@@H](CC(=O)O)c3cccc(Br)c3)cc21. The van der Waals surface area contributed by atoms with Gasteiger partial charge in [-0.25, -0.2) is 13.1 Å². The molecule has 29 heavy (non-hydrogen) atoms. The molecule has 0 spiro atoms. The number of sulfonamides is 1. The molecule has 1 aliphatic rings. The van der Waals surface area contributed by atoms with Crippen LogP contribution in [0.15, 0.2) is 51.8 Å². The molecule has 10 heteroatoms. The van der Waals surface area contributed by atoms with E-state index in [1.807, 2.05) is 0 Å². The molecule has 0 aromatic heterocycles. The molecular weight excluding hydrogens is 464 g/mol. The lowest BCUT2D eigenvalue weighted by molar-refractivity contribution is -0.137. The standard InChI is InChI=1S/C19H19BrN2O6S/c1-12(23)22-7-8-28-18-6-5-15(10-17(18)22)29(26,27)21-16(11-19(24)25)13-3-2-4-14(20)9-13/h2-6,9-10,16,21H,7-8,11H2,1H3,(H,24,25)/t16-/m0/s1. The second-order valence-corrected chi connectivity index (χ2v) is 9.11. The number of hydrogen-bond acceptors (Lipinski definition) is 5. The van der Waals surface area contributed by atoms with Gasteiger partial charge in [0, 0.05) is 11.4 Å². The Bertz CT molecular complexity index is 1060. The third kappa shape index (κ3) is 4.95. The lowest BCUT2D eigenvalue weighted by Crippen LogP contribution is -2.36. The summed E-state index contributed by atoms with van der Waals surface area (Å²) in [6.45, 7) is 2.03. The Morgan fingerprint density at radius 1 is 1.28 bits per heavy atom. The molecule has 154 valence electrons. The molecule has 2 N–H and O–H groups in total. The fourth-order valence-corrected chi connectivity index (χ4v) is 4.73. The van der Waals surface area contributed by atoms with Crippen LogP contribution in [-0.4, -0.2) is 38.6 Å². The highest BCUT2D eigenvalue weighted by Crippen LogP contribution is 2.34. The maximum absolute atomic E-state index is 13.0. The highest BCUT2D eigenvalue weighted by Gasteiger charge is 2.27. The topological polar surface area (TPSA) is 113 Å². The van der Waals surface area contributed by atoms with Gasteiger partial charge in [-0.2, -0.15) is 0 Å². The number of aliphatic carboxylic acids is 1. The first-order valence-corrected chi connectivity index (χ1v) is 11.0. The average molecular weight is 483 g/mol. The molecule has 1 heterocycles. The molecule has 1 atom stereocenters. The molecule has 0 bridgehead atoms. The fraction of sp³-hybridized carbons (Fsp3) is 0.263. The Morgan fingerprint density at radius 3 is 2.69 bits per heavy atom. The average Bonchev–Trinajstić information content (AvgIpc) is 2.66. The van der Waals surface area contributed by atoms with Crippen molar-refractivity contribution in [2.75, 3.05) is 18.1 Å². The zero-order valence-corrected chi connectivity index (χ0v) is 17.9. The predicted octanol–water partition coefficient (Wildman–Crippen LogP) is 2.69. The van der Waals surface area contributed by atoms with Gasteiger partial charge in [0.25, 0.3) is 0 Å². The van der Waals surface area contributed by atoms with Crippen molar-refractivity contribution in [3.8, 4) is 5.75 Å². The maximum atomic E-state index is 13.0. The fourth-order valence-electron chi connectivity index (χ4n) is 3.07. The van der Waals surface area contributed by atoms with Crippen LogP contribution in [0.25, 0.3) is 0 Å². The van der Waals surface area contributed by atoms with Gasteiger partial charge in [0.1, 0.15) is 12.4 Å². The van der Waals surface area contributed by atoms with E-state index in [-0.39, 0.29) is 10.8 Å². The van der Waals surface area contributed by atoms with Crippen molar-refractivity contribution >= 4 is 43.5 Å². The monoisotopic (exact) mass is 482 g/mol. The summed E-state index contributed by atoms with van der Waals surface area (Å²) >= 11 is 3.31. The highest BCUT2D eigenvalue weighted by atomic mass is 79.9. The number of rotatable bonds is 6. The molecule has 0 radical (unpaired) electrons. The number of amides is 1. The molecule has 0 saturated heterocycles. The molecule has 1 amide bonds. The third-order valence-corrected chi connectivity index (χ3v) is 6.37. The summed E-state index contributed by atoms with van der Waals surface area (Å²) in [5, 5.41) is 9.23. The van der Waals surface area contributed by atoms with E-state index in [1.165, 1.54) is 30.0 Å². The number of carboxylic acids is 1. The van der Waals surface area contributed by atoms with E-state index >= 15 is 0 Å². The summed E-state index contributed by atoms with van der Waals surface area (Å²) in [6.07, 6.45) is -0.427. The van der Waals surface area contributed by atoms with Crippen LogP contribution in [0, 0.1) is 0 Å². The molecule has 2 aromatic carbocycles. The summed E-state index contributed by atoms with van der Waals surface area (Å²) in [5.74, 6) is -0.950. The van der Waals surface area contributed by atoms with Gasteiger partial charge in [-0.05, 0) is 35.9 Å². The summed E-state index contributed by atoms with van der Waals surface area (Å²) in [5.41, 5.74) is 0.876. The van der Waals surface area contributed by atoms with Crippen molar-refractivity contribution < 1.29 is 27.9 Å². The minimum absolute atomic E-state index is 0.0848. The zero-order valence-electron chi connectivity index (χ0n) is 15.5. The molecule has 2 aromatic rings. The van der Waals surface area contributed by atoms with Gasteiger partial charge in [-0.3, -0.25) is 9.59 Å². The second kappa shape index (κ2) is 8.52. The molecular formula is C19H19BrN2O6S. The number of carboxylic acid groups (broad SMARTS) is 1. The number of carbonyl (C=O) groups is 2. The summed E-state index contributed by atoms with van der Waals surface area (Å²) < 4.78 is 34.6. The normalized spacial score (nSPS) is 14.6. The zero-order chi connectivity index (χ0) is 21.2. The number of nitrogens with zero attached hydrogens (tertiary/aromatic N) is 1. The molecule has 8 nitrogen and oxygen atoms in total. The second-order valence-electron chi connectivity index (χ2n) is 6.48. The van der Waals surface area contributed by atoms with Gasteiger partial charge in [0.2, 0.25) is 15.9 Å². The van der Waals surface area contributed by atoms with Crippen LogP contribution >= 0.6 is 15.9 Å². The van der Waals surface area contributed by atoms with Gasteiger partial charge in [-0.15, -0.1) is 0 Å². The Hall–Kier alpha value is -2.43. The van der Waals surface area contributed by atoms with E-state index in [9.17, 15) is 23.1 Å². The number of ether oxygens (including phenoxy) is 1. The number of halogens is 1. The van der Waals surface area contributed by atoms with Gasteiger partial charge in [-0.1, -0.05) is 28.1 Å². The van der Waals surface area contributed by atoms with Gasteiger partial charge < -0.3 is 14.7 Å². The number of benzene rings is 2. The van der Waals surface area contributed by atoms with Crippen LogP contribution in [0.5, 0.6) is 5.75 Å². The number of nitrogens with one attached hydrogen (secondary N) is 1. The number of carbonyl (C=O) groups excluding carboxylic acids is 1. The highest BCUT2D eigenvalue weighted by molar-refractivity contribution is 9.10. The summed E-state index contributed by atoms with van der Waals surface area (Å²) in [6, 6.07) is 10.0. The van der Waals surface area contributed by atoms with Crippen molar-refractivity contribution in [3.05, 3.63) is 52.5 Å². The molecule has 0 unspecified atom stereocenters. The molecule has 0 aliphatic carbocycles. The van der Waals surface area contributed by atoms with Crippen LogP contribution in [-0.2, 0) is 19.6 Å². The Labute approximate surface area is 176 Å². The van der Waals surface area contributed by atoms with Crippen LogP contribution in [0.2, 0.25) is 0 Å². The minimum Gasteiger partial charge on any atom is -0.490 e. The quantitative estimate of drug-likeness (QED) is 0.654. The van der Waals surface area contributed by atoms with E-state index in [0.29, 0.717) is 34.6 Å². The lowest BCUT2D eigenvalue weighted by Gasteiger charge is -2.29. The van der Waals surface area contributed by atoms with Crippen molar-refractivity contribution in [2.45, 2.75) is 24.3 Å². The number of hydrogen-bond donors (Lipinski definition) is 2. The van der Waals surface area contributed by atoms with Crippen molar-refractivity contribution in [1.82, 2.24) is 4.72 Å². The van der Waals surface area contributed by atoms with Gasteiger partial charge in [0.05, 0.1) is 29.6 Å². The van der Waals surface area contributed by atoms with E-state index in [4.69, 9.17) is 4.74 Å². The van der Waals surface area contributed by atoms with E-state index in [1.54, 1.807) is 24.3 Å². The van der Waals surface area contributed by atoms with Crippen LogP contribution in [0.4, 0.5) is 5.69 Å². The van der Waals surface area contributed by atoms with Gasteiger partial charge >= 0.3 is 5.97 Å². The van der Waals surface area contributed by atoms with E-state index < -0.39 is 28.5 Å². The molecule has 0 fully saturated rings. The first-order valence-electron chi connectivity index (χ1n) is 8.72. The van der Waals surface area contributed by atoms with Crippen molar-refractivity contribution in [2.24, 2.45) is 0 Å². The number of fused-ring (bicyclic) bond motifs is 1. The smallest absolute Gasteiger partial charge is 0.305 e. The number of anilines is 1. The summed E-state index contributed by atoms with van der Waals surface area (Å²) in [7, 11) is -4.07. The van der Waals surface area contributed by atoms with Crippen LogP contribution in [0.3, 0.4) is 0 Å². The van der Waals surface area contributed by atoms with E-state index in [2.05, 4.69) is 20.7 Å². The van der Waals surface area contributed by atoms with Crippen LogP contribution in [0.1, 0.15) is 24.9 Å². The summed E-state index contributed by atoms with van der Waals surface area (Å²) in [4.78, 5) is 24.5. The third-order valence-electron chi connectivity index (χ3n) is 4.41. The largest absolute Gasteiger partial charge is 0.490 e. The minimum atomic E-state index is -4.07. The molecule has 0 saturated carbocycles. The Kier molecular flexibility index (Phi) is 6.25. The van der Waals surface area contributed by atoms with Gasteiger partial charge in [0.15, 0.2) is 0 Å².